The van der Waals surface area contributed by atoms with Gasteiger partial charge in [0.2, 0.25) is 0 Å². The Morgan fingerprint density at radius 3 is 2.53 bits per heavy atom. The highest BCUT2D eigenvalue weighted by Gasteiger charge is 2.44. The normalized spacial score (nSPS) is 21.3. The molecule has 1 unspecified atom stereocenters. The minimum absolute atomic E-state index is 0.180. The number of nitrogens with one attached hydrogen (secondary N) is 1. The zero-order chi connectivity index (χ0) is 11.6. The molecule has 1 heterocycles. The molecule has 1 N–H and O–H groups in total. The predicted octanol–water partition coefficient (Wildman–Crippen LogP) is -0.758. The van der Waals surface area contributed by atoms with Crippen molar-refractivity contribution in [3.63, 3.8) is 0 Å². The van der Waals surface area contributed by atoms with Crippen LogP contribution in [0.2, 0.25) is 0 Å². The number of carbonyl (C=O) groups is 3. The van der Waals surface area contributed by atoms with Gasteiger partial charge in [-0.05, 0) is 20.8 Å². The highest BCUT2D eigenvalue weighted by atomic mass is 16.5. The Morgan fingerprint density at radius 2 is 2.13 bits per heavy atom. The van der Waals surface area contributed by atoms with Crippen molar-refractivity contribution in [3.8, 4) is 0 Å². The lowest BCUT2D eigenvalue weighted by Gasteiger charge is -2.19. The molecule has 1 rings (SSSR count). The highest BCUT2D eigenvalue weighted by Crippen LogP contribution is 2.08. The van der Waals surface area contributed by atoms with E-state index in [2.05, 4.69) is 10.2 Å². The molecule has 6 heteroatoms. The highest BCUT2D eigenvalue weighted by molar-refractivity contribution is 6.43. The van der Waals surface area contributed by atoms with E-state index in [9.17, 15) is 14.4 Å². The van der Waals surface area contributed by atoms with E-state index >= 15 is 0 Å². The first kappa shape index (κ1) is 11.6. The first-order valence-corrected chi connectivity index (χ1v) is 4.79. The van der Waals surface area contributed by atoms with Crippen LogP contribution in [0.15, 0.2) is 0 Å². The van der Waals surface area contributed by atoms with Crippen molar-refractivity contribution in [2.24, 2.45) is 0 Å². The lowest BCUT2D eigenvalue weighted by Crippen LogP contribution is -2.45. The maximum Gasteiger partial charge on any atom is 0.333 e. The van der Waals surface area contributed by atoms with Crippen LogP contribution in [0.5, 0.6) is 0 Å². The Balaban J connectivity index is 2.75. The largest absolute Gasteiger partial charge is 0.464 e. The lowest BCUT2D eigenvalue weighted by atomic mass is 10.2. The number of rotatable bonds is 3. The van der Waals surface area contributed by atoms with Crippen molar-refractivity contribution >= 4 is 17.7 Å². The number of hydrazine groups is 1. The number of esters is 1. The Morgan fingerprint density at radius 1 is 1.53 bits per heavy atom. The third kappa shape index (κ3) is 2.15. The van der Waals surface area contributed by atoms with Crippen LogP contribution in [0.3, 0.4) is 0 Å². The lowest BCUT2D eigenvalue weighted by molar-refractivity contribution is -0.149. The van der Waals surface area contributed by atoms with Gasteiger partial charge in [0.25, 0.3) is 5.78 Å². The van der Waals surface area contributed by atoms with E-state index in [0.717, 1.165) is 5.01 Å². The monoisotopic (exact) mass is 214 g/mol. The summed E-state index contributed by atoms with van der Waals surface area (Å²) in [5.74, 6) is -2.16. The summed E-state index contributed by atoms with van der Waals surface area (Å²) in [4.78, 5) is 34.0. The van der Waals surface area contributed by atoms with E-state index in [4.69, 9.17) is 0 Å². The van der Waals surface area contributed by atoms with Gasteiger partial charge in [-0.3, -0.25) is 14.6 Å². The van der Waals surface area contributed by atoms with Crippen molar-refractivity contribution < 1.29 is 19.1 Å². The fourth-order valence-corrected chi connectivity index (χ4v) is 1.27. The van der Waals surface area contributed by atoms with Crippen LogP contribution in [0.4, 0.5) is 0 Å². The molecule has 0 saturated carbocycles. The first-order valence-electron chi connectivity index (χ1n) is 4.79. The molecule has 1 atom stereocenters. The second-order valence-electron chi connectivity index (χ2n) is 3.45. The molecule has 1 fully saturated rings. The van der Waals surface area contributed by atoms with Gasteiger partial charge in [0.1, 0.15) is 0 Å². The first-order chi connectivity index (χ1) is 6.99. The second kappa shape index (κ2) is 4.39. The SMILES string of the molecule is CCOC(=O)C1NN(C(C)C)C(=O)C1=O. The Kier molecular flexibility index (Phi) is 3.41. The molecule has 0 spiro atoms. The number of Topliss-reactive ketones (excluding diaryl/α,β-unsaturated/α-hetero) is 1. The fourth-order valence-electron chi connectivity index (χ4n) is 1.27. The second-order valence-corrected chi connectivity index (χ2v) is 3.45. The molecule has 1 saturated heterocycles. The molecule has 1 aliphatic heterocycles. The molecule has 0 aromatic heterocycles. The van der Waals surface area contributed by atoms with Gasteiger partial charge in [0.15, 0.2) is 6.04 Å². The summed E-state index contributed by atoms with van der Waals surface area (Å²) >= 11 is 0. The molecular weight excluding hydrogens is 200 g/mol. The van der Waals surface area contributed by atoms with Crippen molar-refractivity contribution in [3.05, 3.63) is 0 Å². The fraction of sp³-hybridized carbons (Fsp3) is 0.667. The zero-order valence-electron chi connectivity index (χ0n) is 8.94. The van der Waals surface area contributed by atoms with Crippen LogP contribution in [-0.2, 0) is 19.1 Å². The summed E-state index contributed by atoms with van der Waals surface area (Å²) in [6.07, 6.45) is 0. The van der Waals surface area contributed by atoms with E-state index in [1.807, 2.05) is 0 Å². The number of ether oxygens (including phenoxy) is 1. The quantitative estimate of drug-likeness (QED) is 0.380. The van der Waals surface area contributed by atoms with Crippen molar-refractivity contribution in [2.45, 2.75) is 32.9 Å². The number of amides is 1. The summed E-state index contributed by atoms with van der Waals surface area (Å²) in [6, 6.07) is -1.36. The van der Waals surface area contributed by atoms with E-state index in [1.54, 1.807) is 20.8 Å². The Bertz CT molecular complexity index is 300. The molecule has 0 aliphatic carbocycles. The third-order valence-electron chi connectivity index (χ3n) is 2.00. The van der Waals surface area contributed by atoms with Gasteiger partial charge in [-0.2, -0.15) is 0 Å². The molecule has 15 heavy (non-hydrogen) atoms. The average molecular weight is 214 g/mol. The minimum Gasteiger partial charge on any atom is -0.464 e. The number of hydrogen-bond donors (Lipinski definition) is 1. The summed E-state index contributed by atoms with van der Waals surface area (Å²) in [5, 5.41) is 1.14. The van der Waals surface area contributed by atoms with Crippen molar-refractivity contribution in [2.75, 3.05) is 6.61 Å². The smallest absolute Gasteiger partial charge is 0.333 e. The maximum atomic E-state index is 11.4. The van der Waals surface area contributed by atoms with Gasteiger partial charge in [-0.1, -0.05) is 0 Å². The van der Waals surface area contributed by atoms with Crippen LogP contribution in [0.1, 0.15) is 20.8 Å². The van der Waals surface area contributed by atoms with Crippen LogP contribution in [0.25, 0.3) is 0 Å². The number of nitrogens with zero attached hydrogens (tertiary/aromatic N) is 1. The number of hydrogen-bond acceptors (Lipinski definition) is 5. The van der Waals surface area contributed by atoms with Crippen LogP contribution < -0.4 is 5.43 Å². The standard InChI is InChI=1S/C9H14N2O4/c1-4-15-9(14)6-7(12)8(13)11(10-6)5(2)3/h5-6,10H,4H2,1-3H3. The molecule has 0 radical (unpaired) electrons. The number of ketones is 1. The average Bonchev–Trinajstić information content (AvgIpc) is 2.45. The van der Waals surface area contributed by atoms with Gasteiger partial charge in [0, 0.05) is 6.04 Å². The van der Waals surface area contributed by atoms with Crippen LogP contribution in [0, 0.1) is 0 Å². The van der Waals surface area contributed by atoms with Gasteiger partial charge in [0.05, 0.1) is 6.61 Å². The van der Waals surface area contributed by atoms with Gasteiger partial charge < -0.3 is 4.74 Å². The summed E-state index contributed by atoms with van der Waals surface area (Å²) in [6.45, 7) is 5.30. The molecule has 84 valence electrons. The summed E-state index contributed by atoms with van der Waals surface area (Å²) in [7, 11) is 0. The molecule has 0 aromatic rings. The number of carbonyl (C=O) groups excluding carboxylic acids is 3. The zero-order valence-corrected chi connectivity index (χ0v) is 8.94. The van der Waals surface area contributed by atoms with Gasteiger partial charge >= 0.3 is 11.9 Å². The molecule has 1 amide bonds. The Labute approximate surface area is 87.5 Å². The molecular formula is C9H14N2O4. The van der Waals surface area contributed by atoms with E-state index in [0.29, 0.717) is 0 Å². The van der Waals surface area contributed by atoms with Gasteiger partial charge in [-0.15, -0.1) is 0 Å². The Hall–Kier alpha value is -1.43. The topological polar surface area (TPSA) is 75.7 Å². The van der Waals surface area contributed by atoms with Crippen molar-refractivity contribution in [1.82, 2.24) is 10.4 Å². The van der Waals surface area contributed by atoms with Gasteiger partial charge in [-0.25, -0.2) is 10.2 Å². The maximum absolute atomic E-state index is 11.4. The van der Waals surface area contributed by atoms with Crippen LogP contribution >= 0.6 is 0 Å². The summed E-state index contributed by atoms with van der Waals surface area (Å²) in [5.41, 5.74) is 2.53. The molecule has 1 aliphatic rings. The van der Waals surface area contributed by atoms with E-state index in [-0.39, 0.29) is 12.6 Å². The third-order valence-corrected chi connectivity index (χ3v) is 2.00. The minimum atomic E-state index is -1.18. The van der Waals surface area contributed by atoms with Crippen molar-refractivity contribution in [1.29, 1.82) is 0 Å². The molecule has 0 aromatic carbocycles. The molecule has 0 bridgehead atoms. The van der Waals surface area contributed by atoms with E-state index < -0.39 is 23.7 Å². The summed E-state index contributed by atoms with van der Waals surface area (Å²) < 4.78 is 4.67. The molecule has 6 nitrogen and oxygen atoms in total. The van der Waals surface area contributed by atoms with Crippen LogP contribution in [-0.4, -0.2) is 41.4 Å². The van der Waals surface area contributed by atoms with E-state index in [1.165, 1.54) is 0 Å². The predicted molar refractivity (Wildman–Crippen MR) is 50.5 cm³/mol.